The number of aromatic nitrogens is 3. The van der Waals surface area contributed by atoms with Gasteiger partial charge in [-0.2, -0.15) is 5.10 Å². The fourth-order valence-corrected chi connectivity index (χ4v) is 2.59. The SMILES string of the molecule is CCC1(C(=O)O)CCN(C(=O)NCc2ncn(C)n2)CC1. The number of carbonyl (C=O) groups excluding carboxylic acids is 1. The van der Waals surface area contributed by atoms with Crippen LogP contribution >= 0.6 is 0 Å². The Bertz CT molecular complexity index is 520. The van der Waals surface area contributed by atoms with Gasteiger partial charge in [-0.05, 0) is 19.3 Å². The Hall–Kier alpha value is -2.12. The normalized spacial score (nSPS) is 17.5. The average Bonchev–Trinajstić information content (AvgIpc) is 2.90. The second-order valence-corrected chi connectivity index (χ2v) is 5.42. The number of aliphatic carboxylic acids is 1. The van der Waals surface area contributed by atoms with E-state index >= 15 is 0 Å². The molecule has 1 aromatic rings. The van der Waals surface area contributed by atoms with Crippen molar-refractivity contribution >= 4 is 12.0 Å². The number of carboxylic acid groups (broad SMARTS) is 1. The van der Waals surface area contributed by atoms with Crippen LogP contribution < -0.4 is 5.32 Å². The summed E-state index contributed by atoms with van der Waals surface area (Å²) in [5.74, 6) is -0.209. The molecule has 21 heavy (non-hydrogen) atoms. The van der Waals surface area contributed by atoms with Gasteiger partial charge in [-0.3, -0.25) is 9.48 Å². The fraction of sp³-hybridized carbons (Fsp3) is 0.692. The quantitative estimate of drug-likeness (QED) is 0.847. The van der Waals surface area contributed by atoms with Crippen molar-refractivity contribution in [3.63, 3.8) is 0 Å². The molecular formula is C13H21N5O3. The van der Waals surface area contributed by atoms with E-state index in [1.807, 2.05) is 6.92 Å². The molecule has 0 aromatic carbocycles. The Morgan fingerprint density at radius 1 is 1.43 bits per heavy atom. The number of rotatable bonds is 4. The lowest BCUT2D eigenvalue weighted by atomic mass is 9.76. The number of amides is 2. The van der Waals surface area contributed by atoms with E-state index in [0.717, 1.165) is 0 Å². The van der Waals surface area contributed by atoms with E-state index in [1.165, 1.54) is 0 Å². The fourth-order valence-electron chi connectivity index (χ4n) is 2.59. The molecular weight excluding hydrogens is 274 g/mol. The second-order valence-electron chi connectivity index (χ2n) is 5.42. The first-order valence-electron chi connectivity index (χ1n) is 7.07. The van der Waals surface area contributed by atoms with Crippen LogP contribution in [-0.4, -0.2) is 49.9 Å². The molecule has 2 heterocycles. The number of aryl methyl sites for hydroxylation is 1. The Morgan fingerprint density at radius 2 is 2.10 bits per heavy atom. The maximum Gasteiger partial charge on any atom is 0.317 e. The van der Waals surface area contributed by atoms with Crippen molar-refractivity contribution in [1.82, 2.24) is 25.0 Å². The van der Waals surface area contributed by atoms with Crippen LogP contribution in [0.5, 0.6) is 0 Å². The number of piperidine rings is 1. The van der Waals surface area contributed by atoms with Crippen LogP contribution in [0.25, 0.3) is 0 Å². The van der Waals surface area contributed by atoms with E-state index in [-0.39, 0.29) is 12.6 Å². The topological polar surface area (TPSA) is 100 Å². The number of hydrogen-bond acceptors (Lipinski definition) is 4. The molecule has 1 aromatic heterocycles. The number of nitrogens with one attached hydrogen (secondary N) is 1. The smallest absolute Gasteiger partial charge is 0.317 e. The molecule has 0 radical (unpaired) electrons. The lowest BCUT2D eigenvalue weighted by molar-refractivity contribution is -0.151. The van der Waals surface area contributed by atoms with Gasteiger partial charge in [0, 0.05) is 20.1 Å². The maximum atomic E-state index is 12.1. The van der Waals surface area contributed by atoms with Gasteiger partial charge in [0.1, 0.15) is 6.33 Å². The van der Waals surface area contributed by atoms with Crippen molar-refractivity contribution < 1.29 is 14.7 Å². The molecule has 1 aliphatic heterocycles. The summed E-state index contributed by atoms with van der Waals surface area (Å²) in [6.07, 6.45) is 3.16. The van der Waals surface area contributed by atoms with E-state index in [9.17, 15) is 14.7 Å². The van der Waals surface area contributed by atoms with Gasteiger partial charge in [0.05, 0.1) is 12.0 Å². The Balaban J connectivity index is 1.84. The van der Waals surface area contributed by atoms with Crippen molar-refractivity contribution in [2.75, 3.05) is 13.1 Å². The lowest BCUT2D eigenvalue weighted by Crippen LogP contribution is -2.49. The number of carbonyl (C=O) groups is 2. The predicted molar refractivity (Wildman–Crippen MR) is 74.4 cm³/mol. The first-order valence-corrected chi connectivity index (χ1v) is 7.07. The zero-order valence-electron chi connectivity index (χ0n) is 12.4. The first-order chi connectivity index (χ1) is 9.97. The minimum Gasteiger partial charge on any atom is -0.481 e. The number of urea groups is 1. The third kappa shape index (κ3) is 3.32. The summed E-state index contributed by atoms with van der Waals surface area (Å²) in [6.45, 7) is 3.08. The minimum atomic E-state index is -0.761. The molecule has 2 N–H and O–H groups in total. The molecule has 1 saturated heterocycles. The molecule has 1 fully saturated rings. The molecule has 0 unspecified atom stereocenters. The van der Waals surface area contributed by atoms with Gasteiger partial charge < -0.3 is 15.3 Å². The third-order valence-electron chi connectivity index (χ3n) is 4.18. The van der Waals surface area contributed by atoms with Crippen LogP contribution in [0.3, 0.4) is 0 Å². The van der Waals surface area contributed by atoms with Crippen LogP contribution in [0.4, 0.5) is 4.79 Å². The van der Waals surface area contributed by atoms with Crippen molar-refractivity contribution in [3.8, 4) is 0 Å². The van der Waals surface area contributed by atoms with Crippen LogP contribution in [0.2, 0.25) is 0 Å². The average molecular weight is 295 g/mol. The predicted octanol–water partition coefficient (Wildman–Crippen LogP) is 0.601. The van der Waals surface area contributed by atoms with E-state index < -0.39 is 11.4 Å². The van der Waals surface area contributed by atoms with Crippen LogP contribution in [0.1, 0.15) is 32.0 Å². The Labute approximate surface area is 123 Å². The van der Waals surface area contributed by atoms with Crippen LogP contribution in [0.15, 0.2) is 6.33 Å². The Morgan fingerprint density at radius 3 is 2.57 bits per heavy atom. The first kappa shape index (κ1) is 15.3. The summed E-state index contributed by atoms with van der Waals surface area (Å²) in [4.78, 5) is 29.1. The van der Waals surface area contributed by atoms with Gasteiger partial charge in [0.25, 0.3) is 0 Å². The number of nitrogens with zero attached hydrogens (tertiary/aromatic N) is 4. The summed E-state index contributed by atoms with van der Waals surface area (Å²) in [5.41, 5.74) is -0.681. The zero-order valence-corrected chi connectivity index (χ0v) is 12.4. The molecule has 1 aliphatic rings. The van der Waals surface area contributed by atoms with Crippen LogP contribution in [0, 0.1) is 5.41 Å². The van der Waals surface area contributed by atoms with Gasteiger partial charge in [-0.15, -0.1) is 0 Å². The monoisotopic (exact) mass is 295 g/mol. The summed E-state index contributed by atoms with van der Waals surface area (Å²) >= 11 is 0. The highest BCUT2D eigenvalue weighted by molar-refractivity contribution is 5.77. The van der Waals surface area contributed by atoms with Gasteiger partial charge in [-0.1, -0.05) is 6.92 Å². The molecule has 0 saturated carbocycles. The number of carboxylic acids is 1. The maximum absolute atomic E-state index is 12.1. The summed E-state index contributed by atoms with van der Waals surface area (Å²) in [6, 6.07) is -0.197. The molecule has 116 valence electrons. The van der Waals surface area contributed by atoms with Crippen molar-refractivity contribution in [2.45, 2.75) is 32.7 Å². The summed E-state index contributed by atoms with van der Waals surface area (Å²) < 4.78 is 1.57. The molecule has 0 spiro atoms. The molecule has 0 bridgehead atoms. The Kier molecular flexibility index (Phi) is 4.44. The molecule has 0 aliphatic carbocycles. The lowest BCUT2D eigenvalue weighted by Gasteiger charge is -2.38. The minimum absolute atomic E-state index is 0.197. The highest BCUT2D eigenvalue weighted by Gasteiger charge is 2.40. The molecule has 8 nitrogen and oxygen atoms in total. The van der Waals surface area contributed by atoms with E-state index in [4.69, 9.17) is 0 Å². The van der Waals surface area contributed by atoms with Gasteiger partial charge in [-0.25, -0.2) is 9.78 Å². The highest BCUT2D eigenvalue weighted by Crippen LogP contribution is 2.35. The molecule has 0 atom stereocenters. The third-order valence-corrected chi connectivity index (χ3v) is 4.18. The zero-order chi connectivity index (χ0) is 15.5. The molecule has 2 amide bonds. The number of likely N-dealkylation sites (tertiary alicyclic amines) is 1. The van der Waals surface area contributed by atoms with Gasteiger partial charge in [0.2, 0.25) is 0 Å². The van der Waals surface area contributed by atoms with Gasteiger partial charge in [0.15, 0.2) is 5.82 Å². The van der Waals surface area contributed by atoms with Crippen molar-refractivity contribution in [2.24, 2.45) is 12.5 Å². The van der Waals surface area contributed by atoms with E-state index in [0.29, 0.717) is 38.2 Å². The number of hydrogen-bond donors (Lipinski definition) is 2. The molecule has 2 rings (SSSR count). The highest BCUT2D eigenvalue weighted by atomic mass is 16.4. The van der Waals surface area contributed by atoms with E-state index in [1.54, 1.807) is 23.0 Å². The largest absolute Gasteiger partial charge is 0.481 e. The molecule has 8 heteroatoms. The van der Waals surface area contributed by atoms with Crippen molar-refractivity contribution in [1.29, 1.82) is 0 Å². The van der Waals surface area contributed by atoms with Crippen LogP contribution in [-0.2, 0) is 18.4 Å². The second kappa shape index (κ2) is 6.11. The van der Waals surface area contributed by atoms with Gasteiger partial charge >= 0.3 is 12.0 Å². The summed E-state index contributed by atoms with van der Waals surface area (Å²) in [7, 11) is 1.76. The standard InChI is InChI=1S/C13H21N5O3/c1-3-13(11(19)20)4-6-18(7-5-13)12(21)14-8-10-15-9-17(2)16-10/h9H,3-8H2,1-2H3,(H,14,21)(H,19,20). The van der Waals surface area contributed by atoms with Crippen molar-refractivity contribution in [3.05, 3.63) is 12.2 Å². The van der Waals surface area contributed by atoms with E-state index in [2.05, 4.69) is 15.4 Å². The summed E-state index contributed by atoms with van der Waals surface area (Å²) in [5, 5.41) is 16.2.